The van der Waals surface area contributed by atoms with Gasteiger partial charge in [0.15, 0.2) is 0 Å². The van der Waals surface area contributed by atoms with Crippen LogP contribution < -0.4 is 16.0 Å². The Bertz CT molecular complexity index is 1540. The number of hydrogen-bond acceptors (Lipinski definition) is 6. The lowest BCUT2D eigenvalue weighted by atomic mass is 9.89. The molecule has 1 saturated heterocycles. The summed E-state index contributed by atoms with van der Waals surface area (Å²) in [5, 5.41) is 19.2. The SMILES string of the molecule is CCN1CCC(c2ccc(C(=O)Nc3cc(Nc4cc5ccn(C(=O)NC)c5cc4C#N)ccn3)cc2)CC1. The van der Waals surface area contributed by atoms with Crippen molar-refractivity contribution in [1.29, 1.82) is 5.26 Å². The third-order valence-corrected chi connectivity index (χ3v) is 7.34. The second-order valence-electron chi connectivity index (χ2n) is 9.65. The number of aromatic nitrogens is 2. The second kappa shape index (κ2) is 11.4. The first kappa shape index (κ1) is 25.9. The molecular weight excluding hydrogens is 490 g/mol. The highest BCUT2D eigenvalue weighted by Gasteiger charge is 2.20. The monoisotopic (exact) mass is 521 g/mol. The van der Waals surface area contributed by atoms with Crippen LogP contribution in [-0.4, -0.2) is 53.1 Å². The summed E-state index contributed by atoms with van der Waals surface area (Å²) in [6, 6.07) is 18.6. The summed E-state index contributed by atoms with van der Waals surface area (Å²) in [5.41, 5.74) is 4.12. The lowest BCUT2D eigenvalue weighted by molar-refractivity contribution is 0.102. The number of hydrogen-bond donors (Lipinski definition) is 3. The third kappa shape index (κ3) is 5.61. The number of likely N-dealkylation sites (tertiary alicyclic amines) is 1. The summed E-state index contributed by atoms with van der Waals surface area (Å²) < 4.78 is 1.46. The number of amides is 2. The quantitative estimate of drug-likeness (QED) is 0.318. The highest BCUT2D eigenvalue weighted by atomic mass is 16.2. The fourth-order valence-corrected chi connectivity index (χ4v) is 5.09. The lowest BCUT2D eigenvalue weighted by Crippen LogP contribution is -2.32. The average Bonchev–Trinajstić information content (AvgIpc) is 3.39. The number of anilines is 3. The van der Waals surface area contributed by atoms with E-state index in [1.54, 1.807) is 37.6 Å². The molecule has 1 aliphatic heterocycles. The molecule has 9 nitrogen and oxygen atoms in total. The normalized spacial score (nSPS) is 14.1. The van der Waals surface area contributed by atoms with Crippen molar-refractivity contribution in [3.05, 3.63) is 83.7 Å². The zero-order valence-corrected chi connectivity index (χ0v) is 22.1. The van der Waals surface area contributed by atoms with Gasteiger partial charge in [0.05, 0.1) is 16.8 Å². The molecule has 3 N–H and O–H groups in total. The van der Waals surface area contributed by atoms with Gasteiger partial charge in [-0.05, 0) is 80.4 Å². The van der Waals surface area contributed by atoms with E-state index in [1.807, 2.05) is 24.3 Å². The van der Waals surface area contributed by atoms with E-state index in [4.69, 9.17) is 0 Å². The predicted octanol–water partition coefficient (Wildman–Crippen LogP) is 5.29. The topological polar surface area (TPSA) is 115 Å². The van der Waals surface area contributed by atoms with E-state index in [9.17, 15) is 14.9 Å². The summed E-state index contributed by atoms with van der Waals surface area (Å²) in [6.07, 6.45) is 5.54. The molecule has 9 heteroatoms. The molecule has 3 heterocycles. The third-order valence-electron chi connectivity index (χ3n) is 7.34. The molecule has 1 fully saturated rings. The van der Waals surface area contributed by atoms with Crippen molar-refractivity contribution < 1.29 is 9.59 Å². The van der Waals surface area contributed by atoms with E-state index in [0.717, 1.165) is 37.9 Å². The molecule has 0 saturated carbocycles. The Labute approximate surface area is 227 Å². The van der Waals surface area contributed by atoms with Crippen LogP contribution in [0.3, 0.4) is 0 Å². The van der Waals surface area contributed by atoms with Crippen LogP contribution in [0.4, 0.5) is 22.0 Å². The van der Waals surface area contributed by atoms with Crippen LogP contribution >= 0.6 is 0 Å². The molecule has 2 amide bonds. The standard InChI is InChI=1S/C30H31N7O2/c1-3-36-13-9-21(10-14-36)20-4-6-22(7-5-20)29(38)35-28-18-25(8-12-33-28)34-26-16-23-11-15-37(30(39)32-2)27(23)17-24(26)19-31/h4-8,11-12,15-18,21H,3,9-10,13-14H2,1-2H3,(H,32,39)(H2,33,34,35,38). The molecule has 4 aromatic rings. The zero-order chi connectivity index (χ0) is 27.4. The molecule has 2 aromatic heterocycles. The van der Waals surface area contributed by atoms with E-state index in [0.29, 0.717) is 39.8 Å². The summed E-state index contributed by atoms with van der Waals surface area (Å²) in [7, 11) is 1.56. The van der Waals surface area contributed by atoms with Crippen LogP contribution in [0.1, 0.15) is 47.2 Å². The summed E-state index contributed by atoms with van der Waals surface area (Å²) >= 11 is 0. The van der Waals surface area contributed by atoms with Crippen molar-refractivity contribution in [2.45, 2.75) is 25.7 Å². The molecule has 0 unspecified atom stereocenters. The fraction of sp³-hybridized carbons (Fsp3) is 0.267. The summed E-state index contributed by atoms with van der Waals surface area (Å²) in [5.74, 6) is 0.697. The zero-order valence-electron chi connectivity index (χ0n) is 22.1. The van der Waals surface area contributed by atoms with E-state index in [-0.39, 0.29) is 11.9 Å². The van der Waals surface area contributed by atoms with E-state index >= 15 is 0 Å². The molecule has 0 bridgehead atoms. The molecule has 2 aromatic carbocycles. The second-order valence-corrected chi connectivity index (χ2v) is 9.65. The van der Waals surface area contributed by atoms with Crippen molar-refractivity contribution in [3.63, 3.8) is 0 Å². The number of nitriles is 1. The molecule has 0 atom stereocenters. The molecule has 198 valence electrons. The van der Waals surface area contributed by atoms with Gasteiger partial charge in [-0.3, -0.25) is 9.36 Å². The van der Waals surface area contributed by atoms with Crippen LogP contribution in [0.15, 0.2) is 67.0 Å². The Kier molecular flexibility index (Phi) is 7.57. The summed E-state index contributed by atoms with van der Waals surface area (Å²) in [6.45, 7) is 5.53. The minimum Gasteiger partial charge on any atom is -0.354 e. The van der Waals surface area contributed by atoms with Gasteiger partial charge in [0, 0.05) is 42.1 Å². The first-order valence-corrected chi connectivity index (χ1v) is 13.1. The number of carbonyl (C=O) groups is 2. The van der Waals surface area contributed by atoms with Gasteiger partial charge >= 0.3 is 6.03 Å². The van der Waals surface area contributed by atoms with Crippen molar-refractivity contribution in [2.24, 2.45) is 0 Å². The van der Waals surface area contributed by atoms with Crippen LogP contribution in [-0.2, 0) is 0 Å². The lowest BCUT2D eigenvalue weighted by Gasteiger charge is -2.31. The Morgan fingerprint density at radius 2 is 1.85 bits per heavy atom. The number of fused-ring (bicyclic) bond motifs is 1. The van der Waals surface area contributed by atoms with Gasteiger partial charge in [-0.2, -0.15) is 5.26 Å². The molecule has 5 rings (SSSR count). The maximum atomic E-state index is 12.9. The Morgan fingerprint density at radius 1 is 1.08 bits per heavy atom. The number of pyridine rings is 1. The van der Waals surface area contributed by atoms with Crippen molar-refractivity contribution in [2.75, 3.05) is 37.3 Å². The van der Waals surface area contributed by atoms with Crippen molar-refractivity contribution in [3.8, 4) is 6.07 Å². The number of benzene rings is 2. The maximum absolute atomic E-state index is 12.9. The van der Waals surface area contributed by atoms with E-state index in [2.05, 4.69) is 51.0 Å². The van der Waals surface area contributed by atoms with Gasteiger partial charge in [-0.15, -0.1) is 0 Å². The average molecular weight is 522 g/mol. The first-order chi connectivity index (χ1) is 19.0. The van der Waals surface area contributed by atoms with Crippen molar-refractivity contribution >= 4 is 40.0 Å². The molecule has 39 heavy (non-hydrogen) atoms. The molecule has 0 spiro atoms. The minimum atomic E-state index is -0.281. The van der Waals surface area contributed by atoms with Crippen molar-refractivity contribution in [1.82, 2.24) is 19.8 Å². The highest BCUT2D eigenvalue weighted by molar-refractivity contribution is 6.04. The summed E-state index contributed by atoms with van der Waals surface area (Å²) in [4.78, 5) is 31.8. The molecule has 1 aliphatic rings. The first-order valence-electron chi connectivity index (χ1n) is 13.1. The smallest absolute Gasteiger partial charge is 0.325 e. The van der Waals surface area contributed by atoms with Crippen LogP contribution in [0.5, 0.6) is 0 Å². The molecular formula is C30H31N7O2. The number of nitrogens with one attached hydrogen (secondary N) is 3. The van der Waals surface area contributed by atoms with Gasteiger partial charge in [-0.1, -0.05) is 19.1 Å². The number of rotatable bonds is 6. The number of piperidine rings is 1. The fourth-order valence-electron chi connectivity index (χ4n) is 5.09. The number of carbonyl (C=O) groups excluding carboxylic acids is 2. The Hall–Kier alpha value is -4.68. The Balaban J connectivity index is 1.28. The van der Waals surface area contributed by atoms with Crippen LogP contribution in [0.2, 0.25) is 0 Å². The van der Waals surface area contributed by atoms with Crippen LogP contribution in [0.25, 0.3) is 10.9 Å². The van der Waals surface area contributed by atoms with Gasteiger partial charge in [0.25, 0.3) is 5.91 Å². The largest absolute Gasteiger partial charge is 0.354 e. The maximum Gasteiger partial charge on any atom is 0.325 e. The van der Waals surface area contributed by atoms with Gasteiger partial charge in [-0.25, -0.2) is 9.78 Å². The number of nitrogens with zero attached hydrogens (tertiary/aromatic N) is 4. The predicted molar refractivity (Wildman–Crippen MR) is 153 cm³/mol. The highest BCUT2D eigenvalue weighted by Crippen LogP contribution is 2.29. The van der Waals surface area contributed by atoms with E-state index < -0.39 is 0 Å². The molecule has 0 radical (unpaired) electrons. The minimum absolute atomic E-state index is 0.235. The van der Waals surface area contributed by atoms with Gasteiger partial charge in [0.2, 0.25) is 0 Å². The van der Waals surface area contributed by atoms with Gasteiger partial charge in [0.1, 0.15) is 11.9 Å². The Morgan fingerprint density at radius 3 is 2.54 bits per heavy atom. The molecule has 0 aliphatic carbocycles. The van der Waals surface area contributed by atoms with Crippen LogP contribution in [0, 0.1) is 11.3 Å². The van der Waals surface area contributed by atoms with E-state index in [1.165, 1.54) is 10.1 Å². The van der Waals surface area contributed by atoms with Gasteiger partial charge < -0.3 is 20.9 Å².